The molecule has 0 saturated heterocycles. The molecule has 20 heavy (non-hydrogen) atoms. The molecular formula is C18H22N2. The highest BCUT2D eigenvalue weighted by molar-refractivity contribution is 5.33. The number of nitrogens with zero attached hydrogens (tertiary/aromatic N) is 1. The van der Waals surface area contributed by atoms with Gasteiger partial charge in [0.2, 0.25) is 0 Å². The van der Waals surface area contributed by atoms with Crippen molar-refractivity contribution in [3.63, 3.8) is 0 Å². The number of benzene rings is 1. The van der Waals surface area contributed by atoms with E-state index in [1.54, 1.807) is 0 Å². The summed E-state index contributed by atoms with van der Waals surface area (Å²) in [6.07, 6.45) is 7.31. The minimum atomic E-state index is 0.539. The van der Waals surface area contributed by atoms with Gasteiger partial charge in [-0.2, -0.15) is 0 Å². The average molecular weight is 266 g/mol. The van der Waals surface area contributed by atoms with Crippen LogP contribution in [0.1, 0.15) is 23.6 Å². The van der Waals surface area contributed by atoms with E-state index < -0.39 is 0 Å². The van der Waals surface area contributed by atoms with E-state index in [1.165, 1.54) is 29.5 Å². The van der Waals surface area contributed by atoms with Gasteiger partial charge in [-0.1, -0.05) is 37.3 Å². The third-order valence-electron chi connectivity index (χ3n) is 4.30. The fourth-order valence-corrected chi connectivity index (χ4v) is 3.32. The van der Waals surface area contributed by atoms with Crippen LogP contribution in [0.15, 0.2) is 48.8 Å². The molecule has 3 rings (SSSR count). The molecular weight excluding hydrogens is 244 g/mol. The molecule has 1 aromatic carbocycles. The Labute approximate surface area is 121 Å². The standard InChI is InChI=1S/C18H22N2/c1-2-20-18(10-14-6-5-9-19-13-14)17-11-15-7-3-4-8-16(15)12-17/h3-9,13,17-18,20H,2,10-12H2,1H3. The molecule has 1 atom stereocenters. The molecule has 2 aromatic rings. The summed E-state index contributed by atoms with van der Waals surface area (Å²) in [6.45, 7) is 3.22. The van der Waals surface area contributed by atoms with E-state index in [-0.39, 0.29) is 0 Å². The zero-order valence-electron chi connectivity index (χ0n) is 12.0. The molecule has 0 spiro atoms. The lowest BCUT2D eigenvalue weighted by Crippen LogP contribution is -2.38. The van der Waals surface area contributed by atoms with Gasteiger partial charge in [0.1, 0.15) is 0 Å². The summed E-state index contributed by atoms with van der Waals surface area (Å²) >= 11 is 0. The molecule has 104 valence electrons. The van der Waals surface area contributed by atoms with Crippen LogP contribution in [-0.4, -0.2) is 17.6 Å². The van der Waals surface area contributed by atoms with E-state index in [0.29, 0.717) is 12.0 Å². The molecule has 1 unspecified atom stereocenters. The van der Waals surface area contributed by atoms with Gasteiger partial charge < -0.3 is 5.32 Å². The van der Waals surface area contributed by atoms with Gasteiger partial charge in [0.05, 0.1) is 0 Å². The average Bonchev–Trinajstić information content (AvgIpc) is 2.92. The first-order valence-corrected chi connectivity index (χ1v) is 7.56. The molecule has 2 heteroatoms. The van der Waals surface area contributed by atoms with Crippen LogP contribution in [0.25, 0.3) is 0 Å². The Kier molecular flexibility index (Phi) is 4.12. The Morgan fingerprint density at radius 2 is 1.90 bits per heavy atom. The molecule has 0 saturated carbocycles. The number of hydrogen-bond acceptors (Lipinski definition) is 2. The molecule has 0 bridgehead atoms. The highest BCUT2D eigenvalue weighted by Gasteiger charge is 2.28. The Morgan fingerprint density at radius 3 is 2.50 bits per heavy atom. The minimum Gasteiger partial charge on any atom is -0.314 e. The molecule has 0 fully saturated rings. The molecule has 1 heterocycles. The van der Waals surface area contributed by atoms with Crippen LogP contribution in [0.4, 0.5) is 0 Å². The van der Waals surface area contributed by atoms with Crippen molar-refractivity contribution >= 4 is 0 Å². The highest BCUT2D eigenvalue weighted by Crippen LogP contribution is 2.29. The Morgan fingerprint density at radius 1 is 1.15 bits per heavy atom. The van der Waals surface area contributed by atoms with Gasteiger partial charge in [-0.25, -0.2) is 0 Å². The first kappa shape index (κ1) is 13.3. The molecule has 1 aliphatic rings. The Bertz CT molecular complexity index is 525. The van der Waals surface area contributed by atoms with E-state index >= 15 is 0 Å². The third kappa shape index (κ3) is 2.91. The molecule has 1 aliphatic carbocycles. The molecule has 2 nitrogen and oxygen atoms in total. The van der Waals surface area contributed by atoms with Crippen molar-refractivity contribution in [1.29, 1.82) is 0 Å². The quantitative estimate of drug-likeness (QED) is 0.900. The molecule has 0 amide bonds. The first-order chi connectivity index (χ1) is 9.86. The maximum Gasteiger partial charge on any atom is 0.0300 e. The zero-order valence-corrected chi connectivity index (χ0v) is 12.0. The van der Waals surface area contributed by atoms with Crippen LogP contribution < -0.4 is 5.32 Å². The van der Waals surface area contributed by atoms with Crippen molar-refractivity contribution in [2.24, 2.45) is 5.92 Å². The fraction of sp³-hybridized carbons (Fsp3) is 0.389. The molecule has 1 aromatic heterocycles. The van der Waals surface area contributed by atoms with Crippen molar-refractivity contribution < 1.29 is 0 Å². The van der Waals surface area contributed by atoms with Crippen LogP contribution in [0.2, 0.25) is 0 Å². The summed E-state index contributed by atoms with van der Waals surface area (Å²) in [7, 11) is 0. The summed E-state index contributed by atoms with van der Waals surface area (Å²) in [4.78, 5) is 4.24. The Balaban J connectivity index is 1.72. The fourth-order valence-electron chi connectivity index (χ4n) is 3.32. The highest BCUT2D eigenvalue weighted by atomic mass is 14.9. The second-order valence-electron chi connectivity index (χ2n) is 5.67. The maximum atomic E-state index is 4.24. The largest absolute Gasteiger partial charge is 0.314 e. The van der Waals surface area contributed by atoms with Crippen molar-refractivity contribution in [1.82, 2.24) is 10.3 Å². The number of pyridine rings is 1. The number of hydrogen-bond donors (Lipinski definition) is 1. The topological polar surface area (TPSA) is 24.9 Å². The SMILES string of the molecule is CCNC(Cc1cccnc1)C1Cc2ccccc2C1. The van der Waals surface area contributed by atoms with Crippen molar-refractivity contribution in [2.75, 3.05) is 6.54 Å². The normalized spacial score (nSPS) is 16.1. The minimum absolute atomic E-state index is 0.539. The van der Waals surface area contributed by atoms with Gasteiger partial charge in [-0.3, -0.25) is 4.98 Å². The van der Waals surface area contributed by atoms with E-state index in [2.05, 4.69) is 47.6 Å². The van der Waals surface area contributed by atoms with Gasteiger partial charge >= 0.3 is 0 Å². The van der Waals surface area contributed by atoms with E-state index in [9.17, 15) is 0 Å². The summed E-state index contributed by atoms with van der Waals surface area (Å²) in [5.74, 6) is 0.701. The number of nitrogens with one attached hydrogen (secondary N) is 1. The van der Waals surface area contributed by atoms with E-state index in [4.69, 9.17) is 0 Å². The second kappa shape index (κ2) is 6.19. The second-order valence-corrected chi connectivity index (χ2v) is 5.67. The smallest absolute Gasteiger partial charge is 0.0300 e. The summed E-state index contributed by atoms with van der Waals surface area (Å²) in [6, 6.07) is 13.6. The monoisotopic (exact) mass is 266 g/mol. The zero-order chi connectivity index (χ0) is 13.8. The van der Waals surface area contributed by atoms with Gasteiger partial charge in [0.15, 0.2) is 0 Å². The summed E-state index contributed by atoms with van der Waals surface area (Å²) in [5.41, 5.74) is 4.40. The predicted molar refractivity (Wildman–Crippen MR) is 82.7 cm³/mol. The Hall–Kier alpha value is -1.67. The lowest BCUT2D eigenvalue weighted by atomic mass is 9.91. The lowest BCUT2D eigenvalue weighted by molar-refractivity contribution is 0.367. The third-order valence-corrected chi connectivity index (χ3v) is 4.30. The van der Waals surface area contributed by atoms with Crippen LogP contribution >= 0.6 is 0 Å². The number of likely N-dealkylation sites (N-methyl/N-ethyl adjacent to an activating group) is 1. The van der Waals surface area contributed by atoms with Crippen LogP contribution in [-0.2, 0) is 19.3 Å². The molecule has 1 N–H and O–H groups in total. The van der Waals surface area contributed by atoms with E-state index in [1.807, 2.05) is 18.5 Å². The van der Waals surface area contributed by atoms with Crippen molar-refractivity contribution in [3.05, 3.63) is 65.5 Å². The summed E-state index contributed by atoms with van der Waals surface area (Å²) < 4.78 is 0. The summed E-state index contributed by atoms with van der Waals surface area (Å²) in [5, 5.41) is 3.68. The van der Waals surface area contributed by atoms with Crippen LogP contribution in [0.3, 0.4) is 0 Å². The molecule has 0 aliphatic heterocycles. The number of aromatic nitrogens is 1. The van der Waals surface area contributed by atoms with Crippen molar-refractivity contribution in [2.45, 2.75) is 32.2 Å². The first-order valence-electron chi connectivity index (χ1n) is 7.56. The van der Waals surface area contributed by atoms with Gasteiger partial charge in [-0.15, -0.1) is 0 Å². The van der Waals surface area contributed by atoms with Gasteiger partial charge in [0.25, 0.3) is 0 Å². The predicted octanol–water partition coefficient (Wildman–Crippen LogP) is 3.02. The number of fused-ring (bicyclic) bond motifs is 1. The van der Waals surface area contributed by atoms with Crippen LogP contribution in [0.5, 0.6) is 0 Å². The van der Waals surface area contributed by atoms with Gasteiger partial charge in [-0.05, 0) is 54.5 Å². The lowest BCUT2D eigenvalue weighted by Gasteiger charge is -2.24. The van der Waals surface area contributed by atoms with Gasteiger partial charge in [0, 0.05) is 18.4 Å². The van der Waals surface area contributed by atoms with E-state index in [0.717, 1.165) is 13.0 Å². The van der Waals surface area contributed by atoms with Crippen LogP contribution in [0, 0.1) is 5.92 Å². The van der Waals surface area contributed by atoms with Crippen molar-refractivity contribution in [3.8, 4) is 0 Å². The number of rotatable bonds is 5. The molecule has 0 radical (unpaired) electrons. The maximum absolute atomic E-state index is 4.24.